The molecule has 0 unspecified atom stereocenters. The summed E-state index contributed by atoms with van der Waals surface area (Å²) < 4.78 is 6.29. The average Bonchev–Trinajstić information content (AvgIpc) is 3.42. The molecular weight excluding hydrogens is 510 g/mol. The number of halogens is 1. The Hall–Kier alpha value is -3.65. The van der Waals surface area contributed by atoms with Gasteiger partial charge in [0.15, 0.2) is 5.78 Å². The van der Waals surface area contributed by atoms with Gasteiger partial charge in [0.05, 0.1) is 29.8 Å². The van der Waals surface area contributed by atoms with Crippen molar-refractivity contribution in [1.82, 2.24) is 9.47 Å². The van der Waals surface area contributed by atoms with Gasteiger partial charge in [0.2, 0.25) is 5.88 Å². The molecule has 1 aromatic carbocycles. The van der Waals surface area contributed by atoms with Crippen LogP contribution in [0.5, 0.6) is 5.88 Å². The Balaban J connectivity index is 1.66. The summed E-state index contributed by atoms with van der Waals surface area (Å²) in [6.45, 7) is 0.744. The van der Waals surface area contributed by atoms with Crippen molar-refractivity contribution in [2.24, 2.45) is 0 Å². The third-order valence-corrected chi connectivity index (χ3v) is 6.95. The number of benzene rings is 1. The van der Waals surface area contributed by atoms with Crippen molar-refractivity contribution in [3.05, 3.63) is 91.0 Å². The molecule has 0 radical (unpaired) electrons. The number of rotatable bonds is 6. The smallest absolute Gasteiger partial charge is 0.271 e. The highest BCUT2D eigenvalue weighted by Crippen LogP contribution is 2.33. The van der Waals surface area contributed by atoms with E-state index in [1.807, 2.05) is 0 Å². The zero-order chi connectivity index (χ0) is 25.3. The molecule has 1 saturated heterocycles. The van der Waals surface area contributed by atoms with Crippen LogP contribution in [0.4, 0.5) is 0 Å². The number of aromatic nitrogens is 1. The molecule has 0 spiro atoms. The first kappa shape index (κ1) is 24.5. The summed E-state index contributed by atoms with van der Waals surface area (Å²) in [5.41, 5.74) is -0.516. The number of hydrogen-bond acceptors (Lipinski definition) is 8. The molecule has 1 fully saturated rings. The van der Waals surface area contributed by atoms with Crippen LogP contribution in [0.1, 0.15) is 32.8 Å². The van der Waals surface area contributed by atoms with E-state index in [0.29, 0.717) is 15.7 Å². The van der Waals surface area contributed by atoms with Gasteiger partial charge in [-0.3, -0.25) is 23.9 Å². The molecule has 35 heavy (non-hydrogen) atoms. The van der Waals surface area contributed by atoms with Crippen LogP contribution in [0.3, 0.4) is 0 Å². The van der Waals surface area contributed by atoms with E-state index in [0.717, 1.165) is 26.8 Å². The molecule has 2 aromatic heterocycles. The first-order valence-corrected chi connectivity index (χ1v) is 11.7. The van der Waals surface area contributed by atoms with Crippen molar-refractivity contribution in [2.75, 3.05) is 6.54 Å². The van der Waals surface area contributed by atoms with E-state index >= 15 is 0 Å². The minimum Gasteiger partial charge on any atom is -0.494 e. The minimum absolute atomic E-state index is 0.0258. The number of nitriles is 1. The molecule has 1 aliphatic heterocycles. The summed E-state index contributed by atoms with van der Waals surface area (Å²) in [7, 11) is 0. The first-order chi connectivity index (χ1) is 16.7. The Morgan fingerprint density at radius 3 is 2.63 bits per heavy atom. The number of pyridine rings is 1. The number of thiocarbonyl (C=S) groups is 1. The molecule has 0 atom stereocenters. The molecule has 1 N–H and O–H groups in total. The Morgan fingerprint density at radius 2 is 2.00 bits per heavy atom. The van der Waals surface area contributed by atoms with Crippen LogP contribution in [0, 0.1) is 18.3 Å². The number of nitrogens with zero attached hydrogens (tertiary/aromatic N) is 3. The first-order valence-electron chi connectivity index (χ1n) is 10.1. The topological polar surface area (TPSA) is 117 Å². The standard InChI is InChI=1S/C24H16ClN3O5S2/c1-13-17(10-26)21(30)27(11-16-3-2-8-33-16)23(32)20(13)18(29)12-28-22(31)19(35-24(28)34)9-14-4-6-15(25)7-5-14/h2-9,32H,11-12H2,1H3/b19-9-. The van der Waals surface area contributed by atoms with Gasteiger partial charge < -0.3 is 9.52 Å². The number of hydrogen-bond donors (Lipinski definition) is 1. The number of amides is 1. The number of furan rings is 1. The number of carbonyl (C=O) groups excluding carboxylic acids is 2. The lowest BCUT2D eigenvalue weighted by Crippen LogP contribution is -2.35. The van der Waals surface area contributed by atoms with Gasteiger partial charge in [-0.2, -0.15) is 5.26 Å². The number of carbonyl (C=O) groups is 2. The largest absolute Gasteiger partial charge is 0.494 e. The number of aromatic hydroxyl groups is 1. The second-order valence-corrected chi connectivity index (χ2v) is 9.64. The minimum atomic E-state index is -0.757. The fourth-order valence-corrected chi connectivity index (χ4v) is 4.94. The maximum Gasteiger partial charge on any atom is 0.271 e. The fourth-order valence-electron chi connectivity index (χ4n) is 3.56. The lowest BCUT2D eigenvalue weighted by Gasteiger charge is -2.18. The lowest BCUT2D eigenvalue weighted by molar-refractivity contribution is -0.121. The van der Waals surface area contributed by atoms with Crippen molar-refractivity contribution in [2.45, 2.75) is 13.5 Å². The predicted octanol–water partition coefficient (Wildman–Crippen LogP) is 4.11. The van der Waals surface area contributed by atoms with Crippen LogP contribution in [-0.2, 0) is 11.3 Å². The van der Waals surface area contributed by atoms with Crippen molar-refractivity contribution >= 4 is 57.7 Å². The summed E-state index contributed by atoms with van der Waals surface area (Å²) >= 11 is 12.3. The molecule has 4 rings (SSSR count). The van der Waals surface area contributed by atoms with Crippen LogP contribution < -0.4 is 5.56 Å². The van der Waals surface area contributed by atoms with E-state index < -0.39 is 29.7 Å². The average molecular weight is 526 g/mol. The zero-order valence-corrected chi connectivity index (χ0v) is 20.5. The second-order valence-electron chi connectivity index (χ2n) is 7.52. The van der Waals surface area contributed by atoms with E-state index in [2.05, 4.69) is 0 Å². The van der Waals surface area contributed by atoms with Gasteiger partial charge in [-0.1, -0.05) is 47.7 Å². The molecule has 11 heteroatoms. The van der Waals surface area contributed by atoms with E-state index in [9.17, 15) is 24.8 Å². The zero-order valence-electron chi connectivity index (χ0n) is 18.1. The monoisotopic (exact) mass is 525 g/mol. The third kappa shape index (κ3) is 4.79. The maximum absolute atomic E-state index is 13.3. The molecule has 0 aliphatic carbocycles. The highest BCUT2D eigenvalue weighted by atomic mass is 35.5. The van der Waals surface area contributed by atoms with Gasteiger partial charge >= 0.3 is 0 Å². The summed E-state index contributed by atoms with van der Waals surface area (Å²) in [6.07, 6.45) is 3.04. The van der Waals surface area contributed by atoms with E-state index in [1.165, 1.54) is 13.2 Å². The van der Waals surface area contributed by atoms with Crippen LogP contribution in [0.25, 0.3) is 6.08 Å². The van der Waals surface area contributed by atoms with Gasteiger partial charge in [0.25, 0.3) is 11.5 Å². The summed E-state index contributed by atoms with van der Waals surface area (Å²) in [5.74, 6) is -1.41. The van der Waals surface area contributed by atoms with Gasteiger partial charge in [0, 0.05) is 5.02 Å². The van der Waals surface area contributed by atoms with Crippen LogP contribution in [-0.4, -0.2) is 37.1 Å². The quantitative estimate of drug-likeness (QED) is 0.290. The van der Waals surface area contributed by atoms with Crippen molar-refractivity contribution in [1.29, 1.82) is 5.26 Å². The molecule has 1 aliphatic rings. The highest BCUT2D eigenvalue weighted by molar-refractivity contribution is 8.26. The summed E-state index contributed by atoms with van der Waals surface area (Å²) in [5, 5.41) is 20.9. The Morgan fingerprint density at radius 1 is 1.29 bits per heavy atom. The molecule has 3 aromatic rings. The summed E-state index contributed by atoms with van der Waals surface area (Å²) in [6, 6.07) is 11.9. The molecule has 8 nitrogen and oxygen atoms in total. The van der Waals surface area contributed by atoms with Crippen molar-refractivity contribution in [3.8, 4) is 11.9 Å². The van der Waals surface area contributed by atoms with Gasteiger partial charge in [0.1, 0.15) is 21.7 Å². The van der Waals surface area contributed by atoms with Gasteiger partial charge in [-0.25, -0.2) is 0 Å². The number of thioether (sulfide) groups is 1. The van der Waals surface area contributed by atoms with Crippen LogP contribution >= 0.6 is 35.6 Å². The molecular formula is C24H16ClN3O5S2. The number of Topliss-reactive ketones (excluding diaryl/α,β-unsaturated/α-hetero) is 1. The lowest BCUT2D eigenvalue weighted by atomic mass is 10.0. The third-order valence-electron chi connectivity index (χ3n) is 5.32. The van der Waals surface area contributed by atoms with Crippen molar-refractivity contribution < 1.29 is 19.1 Å². The van der Waals surface area contributed by atoms with Crippen LogP contribution in [0.15, 0.2) is 56.8 Å². The van der Waals surface area contributed by atoms with E-state index in [-0.39, 0.29) is 27.6 Å². The molecule has 0 bridgehead atoms. The van der Waals surface area contributed by atoms with Gasteiger partial charge in [-0.15, -0.1) is 0 Å². The van der Waals surface area contributed by atoms with Crippen molar-refractivity contribution in [3.63, 3.8) is 0 Å². The predicted molar refractivity (Wildman–Crippen MR) is 135 cm³/mol. The second kappa shape index (κ2) is 9.92. The fraction of sp³-hybridized carbons (Fsp3) is 0.125. The molecule has 176 valence electrons. The highest BCUT2D eigenvalue weighted by Gasteiger charge is 2.35. The van der Waals surface area contributed by atoms with E-state index in [1.54, 1.807) is 48.5 Å². The molecule has 1 amide bonds. The maximum atomic E-state index is 13.3. The summed E-state index contributed by atoms with van der Waals surface area (Å²) in [4.78, 5) is 40.4. The Kier molecular flexibility index (Phi) is 6.93. The Labute approximate surface area is 214 Å². The SMILES string of the molecule is Cc1c(C(=O)CN2C(=O)/C(=C/c3ccc(Cl)cc3)SC2=S)c(O)n(Cc2ccco2)c(=O)c1C#N. The normalized spacial score (nSPS) is 14.5. The Bertz CT molecular complexity index is 1490. The molecule has 3 heterocycles. The molecule has 0 saturated carbocycles. The van der Waals surface area contributed by atoms with E-state index in [4.69, 9.17) is 28.2 Å². The van der Waals surface area contributed by atoms with Crippen LogP contribution in [0.2, 0.25) is 5.02 Å². The number of ketones is 1. The van der Waals surface area contributed by atoms with Gasteiger partial charge in [-0.05, 0) is 48.4 Å².